The topological polar surface area (TPSA) is 182 Å². The molecule has 7 rings (SSSR count). The predicted octanol–water partition coefficient (Wildman–Crippen LogP) is 1.97. The van der Waals surface area contributed by atoms with E-state index in [1.165, 1.54) is 16.0 Å². The number of likely N-dealkylation sites (N-methyl/N-ethyl adjacent to an activating group) is 1. The molecule has 15 heteroatoms. The second kappa shape index (κ2) is 15.9. The van der Waals surface area contributed by atoms with Crippen LogP contribution in [0.3, 0.4) is 0 Å². The Hall–Kier alpha value is -4.67. The highest BCUT2D eigenvalue weighted by atomic mass is 16.8. The summed E-state index contributed by atoms with van der Waals surface area (Å²) in [7, 11) is 3.32. The standard InChI is InChI=1S/C42H52N4O11/c1-40(2,3)54-33(50)17-15-29(24-47)44-31(48)18-19-43-39(52)42-22-30-34-35(56-41(55-34)20-26-11-7-8-12-27(26)21-41)37(42)57-46(36(42)38(51)53-30)23-28-13-9-6-10-25(28)14-16-32(49)45(4)5/h6-14,16,29-30,34-37,47H,15,17-24H2,1-5H3,(H,43,52)(H,44,48). The third-order valence-corrected chi connectivity index (χ3v) is 11.3. The number of nitrogens with zero attached hydrogens (tertiary/aromatic N) is 2. The van der Waals surface area contributed by atoms with Crippen LogP contribution in [0.2, 0.25) is 0 Å². The monoisotopic (exact) mass is 788 g/mol. The summed E-state index contributed by atoms with van der Waals surface area (Å²) in [6.07, 6.45) is 1.11. The molecule has 15 nitrogen and oxygen atoms in total. The highest BCUT2D eigenvalue weighted by molar-refractivity contribution is 5.94. The lowest BCUT2D eigenvalue weighted by Crippen LogP contribution is -2.69. The average molecular weight is 789 g/mol. The van der Waals surface area contributed by atoms with Gasteiger partial charge in [0.1, 0.15) is 35.4 Å². The highest BCUT2D eigenvalue weighted by Gasteiger charge is 2.76. The maximum Gasteiger partial charge on any atom is 0.327 e. The molecule has 3 N–H and O–H groups in total. The van der Waals surface area contributed by atoms with E-state index >= 15 is 0 Å². The summed E-state index contributed by atoms with van der Waals surface area (Å²) in [5.41, 5.74) is 1.54. The van der Waals surface area contributed by atoms with Gasteiger partial charge >= 0.3 is 11.9 Å². The van der Waals surface area contributed by atoms with Gasteiger partial charge < -0.3 is 39.6 Å². The Balaban J connectivity index is 1.11. The first kappa shape index (κ1) is 40.5. The van der Waals surface area contributed by atoms with Crippen molar-refractivity contribution >= 4 is 35.7 Å². The number of nitrogens with one attached hydrogen (secondary N) is 2. The van der Waals surface area contributed by atoms with Gasteiger partial charge in [-0.15, -0.1) is 0 Å². The molecule has 7 unspecified atom stereocenters. The minimum atomic E-state index is -1.47. The fourth-order valence-electron chi connectivity index (χ4n) is 8.73. The van der Waals surface area contributed by atoms with E-state index in [2.05, 4.69) is 10.6 Å². The summed E-state index contributed by atoms with van der Waals surface area (Å²) in [5.74, 6) is -3.21. The highest BCUT2D eigenvalue weighted by Crippen LogP contribution is 2.58. The number of hydroxylamine groups is 2. The van der Waals surface area contributed by atoms with E-state index < -0.39 is 77.1 Å². The maximum absolute atomic E-state index is 14.7. The smallest absolute Gasteiger partial charge is 0.327 e. The van der Waals surface area contributed by atoms with Crippen LogP contribution in [0.1, 0.15) is 68.7 Å². The quantitative estimate of drug-likeness (QED) is 0.199. The number of carbonyl (C=O) groups is 5. The SMILES string of the molecule is CN(C)C(=O)C=Cc1ccccc1CN1OC2C3OC4(Cc5ccccc5C4)OC3C3CC2(C(=O)NCCC(=O)NC(CO)CCC(=O)OC(C)(C)C)C1C(=O)O3. The van der Waals surface area contributed by atoms with Crippen molar-refractivity contribution in [3.8, 4) is 0 Å². The first-order valence-electron chi connectivity index (χ1n) is 19.6. The first-order chi connectivity index (χ1) is 27.1. The maximum atomic E-state index is 14.7. The van der Waals surface area contributed by atoms with E-state index in [1.807, 2.05) is 48.5 Å². The molecule has 4 fully saturated rings. The van der Waals surface area contributed by atoms with E-state index in [0.717, 1.165) is 22.3 Å². The molecule has 2 aromatic carbocycles. The Labute approximate surface area is 331 Å². The molecule has 2 bridgehead atoms. The number of esters is 2. The van der Waals surface area contributed by atoms with Crippen molar-refractivity contribution in [2.75, 3.05) is 27.2 Å². The van der Waals surface area contributed by atoms with Gasteiger partial charge in [-0.3, -0.25) is 28.8 Å². The number of benzene rings is 2. The van der Waals surface area contributed by atoms with Gasteiger partial charge in [-0.25, -0.2) is 0 Å². The van der Waals surface area contributed by atoms with Crippen LogP contribution >= 0.6 is 0 Å². The zero-order chi connectivity index (χ0) is 40.7. The van der Waals surface area contributed by atoms with E-state index in [9.17, 15) is 29.1 Å². The van der Waals surface area contributed by atoms with Gasteiger partial charge in [-0.1, -0.05) is 48.5 Å². The summed E-state index contributed by atoms with van der Waals surface area (Å²) < 4.78 is 24.9. The molecular weight excluding hydrogens is 736 g/mol. The second-order valence-electron chi connectivity index (χ2n) is 16.8. The number of hydrogen-bond donors (Lipinski definition) is 3. The van der Waals surface area contributed by atoms with Crippen molar-refractivity contribution in [2.24, 2.45) is 5.41 Å². The molecule has 57 heavy (non-hydrogen) atoms. The van der Waals surface area contributed by atoms with Gasteiger partial charge in [0.25, 0.3) is 0 Å². The number of aliphatic hydroxyl groups is 1. The largest absolute Gasteiger partial charge is 0.460 e. The summed E-state index contributed by atoms with van der Waals surface area (Å²) in [5, 5.41) is 17.0. The minimum absolute atomic E-state index is 0.00880. The lowest BCUT2D eigenvalue weighted by molar-refractivity contribution is -0.217. The molecule has 0 aromatic heterocycles. The summed E-state index contributed by atoms with van der Waals surface area (Å²) in [4.78, 5) is 74.6. The van der Waals surface area contributed by atoms with Gasteiger partial charge in [-0.2, -0.15) is 5.06 Å². The molecule has 1 saturated carbocycles. The Morgan fingerprint density at radius 2 is 1.70 bits per heavy atom. The predicted molar refractivity (Wildman–Crippen MR) is 203 cm³/mol. The van der Waals surface area contributed by atoms with Crippen LogP contribution in [0.25, 0.3) is 6.08 Å². The minimum Gasteiger partial charge on any atom is -0.460 e. The van der Waals surface area contributed by atoms with Crippen molar-refractivity contribution in [1.29, 1.82) is 0 Å². The van der Waals surface area contributed by atoms with Gasteiger partial charge in [0.2, 0.25) is 17.7 Å². The number of amides is 3. The number of hydrogen-bond acceptors (Lipinski definition) is 12. The van der Waals surface area contributed by atoms with Crippen LogP contribution in [0.4, 0.5) is 0 Å². The summed E-state index contributed by atoms with van der Waals surface area (Å²) in [6.45, 7) is 4.90. The fourth-order valence-corrected chi connectivity index (χ4v) is 8.73. The molecule has 3 amide bonds. The van der Waals surface area contributed by atoms with Gasteiger partial charge in [-0.05, 0) is 55.5 Å². The first-order valence-corrected chi connectivity index (χ1v) is 19.6. The molecule has 1 spiro atoms. The zero-order valence-corrected chi connectivity index (χ0v) is 33.0. The van der Waals surface area contributed by atoms with E-state index in [-0.39, 0.29) is 51.3 Å². The fraction of sp³-hybridized carbons (Fsp3) is 0.548. The van der Waals surface area contributed by atoms with Gasteiger partial charge in [0, 0.05) is 58.8 Å². The summed E-state index contributed by atoms with van der Waals surface area (Å²) >= 11 is 0. The molecular formula is C42H52N4O11. The van der Waals surface area contributed by atoms with E-state index in [0.29, 0.717) is 12.8 Å². The van der Waals surface area contributed by atoms with Crippen molar-refractivity contribution in [3.63, 3.8) is 0 Å². The van der Waals surface area contributed by atoms with Crippen LogP contribution in [-0.4, -0.2) is 120 Å². The van der Waals surface area contributed by atoms with Gasteiger partial charge in [0.15, 0.2) is 11.8 Å². The summed E-state index contributed by atoms with van der Waals surface area (Å²) in [6, 6.07) is 13.6. The Morgan fingerprint density at radius 3 is 2.39 bits per heavy atom. The van der Waals surface area contributed by atoms with Crippen molar-refractivity contribution in [3.05, 3.63) is 76.9 Å². The van der Waals surface area contributed by atoms with Crippen molar-refractivity contribution in [2.45, 2.75) is 114 Å². The third-order valence-electron chi connectivity index (χ3n) is 11.3. The molecule has 7 atom stereocenters. The normalized spacial score (nSPS) is 27.4. The third kappa shape index (κ3) is 8.21. The lowest BCUT2D eigenvalue weighted by Gasteiger charge is -2.48. The molecule has 306 valence electrons. The van der Waals surface area contributed by atoms with Crippen LogP contribution in [-0.2, 0) is 67.1 Å². The number of rotatable bonds is 13. The zero-order valence-electron chi connectivity index (χ0n) is 33.0. The lowest BCUT2D eigenvalue weighted by atomic mass is 9.62. The van der Waals surface area contributed by atoms with Crippen LogP contribution in [0, 0.1) is 5.41 Å². The molecule has 5 aliphatic rings. The molecule has 2 aromatic rings. The molecule has 2 aliphatic carbocycles. The van der Waals surface area contributed by atoms with E-state index in [4.69, 9.17) is 23.8 Å². The molecule has 3 heterocycles. The van der Waals surface area contributed by atoms with Crippen LogP contribution < -0.4 is 10.6 Å². The number of aliphatic hydroxyl groups excluding tert-OH is 1. The van der Waals surface area contributed by atoms with Crippen LogP contribution in [0.5, 0.6) is 0 Å². The average Bonchev–Trinajstić information content (AvgIpc) is 3.83. The molecule has 0 radical (unpaired) electrons. The van der Waals surface area contributed by atoms with Crippen molar-refractivity contribution in [1.82, 2.24) is 20.6 Å². The Bertz CT molecular complexity index is 1900. The number of carbonyl (C=O) groups excluding carboxylic acids is 5. The molecule has 3 aliphatic heterocycles. The van der Waals surface area contributed by atoms with E-state index in [1.54, 1.807) is 40.9 Å². The van der Waals surface area contributed by atoms with Crippen LogP contribution in [0.15, 0.2) is 54.6 Å². The number of fused-ring (bicyclic) bond motifs is 5. The molecule has 3 saturated heterocycles. The van der Waals surface area contributed by atoms with Gasteiger partial charge in [0.05, 0.1) is 19.2 Å². The van der Waals surface area contributed by atoms with Crippen molar-refractivity contribution < 1.29 is 52.9 Å². The second-order valence-corrected chi connectivity index (χ2v) is 16.8. The Morgan fingerprint density at radius 1 is 1.02 bits per heavy atom. The Kier molecular flexibility index (Phi) is 11.3. The number of ether oxygens (including phenoxy) is 4.